The summed E-state index contributed by atoms with van der Waals surface area (Å²) in [7, 11) is 0. The van der Waals surface area contributed by atoms with Gasteiger partial charge >= 0.3 is 0 Å². The maximum Gasteiger partial charge on any atom is 0.213 e. The lowest BCUT2D eigenvalue weighted by atomic mass is 10.0. The Hall–Kier alpha value is -2.07. The van der Waals surface area contributed by atoms with Crippen molar-refractivity contribution in [3.8, 4) is 11.6 Å². The molecule has 1 aliphatic rings. The number of para-hydroxylation sites is 1. The number of pyridine rings is 1. The second-order valence-electron chi connectivity index (χ2n) is 7.47. The molecule has 1 aliphatic heterocycles. The zero-order valence-electron chi connectivity index (χ0n) is 18.3. The predicted molar refractivity (Wildman–Crippen MR) is 133 cm³/mol. The molecule has 3 rings (SSSR count). The number of benzene rings is 1. The molecule has 1 aromatic carbocycles. The number of ether oxygens (including phenoxy) is 3. The Labute approximate surface area is 202 Å². The van der Waals surface area contributed by atoms with Crippen molar-refractivity contribution in [3.05, 3.63) is 54.2 Å². The summed E-state index contributed by atoms with van der Waals surface area (Å²) in [6.07, 6.45) is 3.98. The summed E-state index contributed by atoms with van der Waals surface area (Å²) in [4.78, 5) is 9.01. The summed E-state index contributed by atoms with van der Waals surface area (Å²) in [5.74, 6) is 2.20. The predicted octanol–water partition coefficient (Wildman–Crippen LogP) is 3.78. The molecule has 0 bridgehead atoms. The van der Waals surface area contributed by atoms with Crippen LogP contribution in [0.1, 0.15) is 32.3 Å². The molecule has 1 atom stereocenters. The molecule has 2 heterocycles. The van der Waals surface area contributed by atoms with Crippen LogP contribution in [-0.2, 0) is 11.3 Å². The molecule has 1 unspecified atom stereocenters. The van der Waals surface area contributed by atoms with E-state index in [9.17, 15) is 0 Å². The lowest BCUT2D eigenvalue weighted by molar-refractivity contribution is 0.0243. The van der Waals surface area contributed by atoms with Gasteiger partial charge in [0, 0.05) is 32.0 Å². The van der Waals surface area contributed by atoms with Crippen molar-refractivity contribution in [2.45, 2.75) is 38.8 Å². The zero-order valence-corrected chi connectivity index (χ0v) is 20.6. The van der Waals surface area contributed by atoms with Crippen molar-refractivity contribution in [1.82, 2.24) is 15.6 Å². The largest absolute Gasteiger partial charge is 0.490 e. The van der Waals surface area contributed by atoms with Gasteiger partial charge < -0.3 is 24.8 Å². The second kappa shape index (κ2) is 13.4. The fourth-order valence-corrected chi connectivity index (χ4v) is 3.17. The third kappa shape index (κ3) is 8.90. The Bertz CT molecular complexity index is 781. The van der Waals surface area contributed by atoms with Crippen molar-refractivity contribution in [1.29, 1.82) is 0 Å². The molecule has 1 saturated heterocycles. The molecule has 0 aliphatic carbocycles. The van der Waals surface area contributed by atoms with E-state index in [0.717, 1.165) is 49.8 Å². The van der Waals surface area contributed by atoms with Gasteiger partial charge in [-0.25, -0.2) is 9.98 Å². The normalized spacial score (nSPS) is 18.2. The first kappa shape index (κ1) is 25.2. The Kier molecular flexibility index (Phi) is 10.9. The molecule has 7 nitrogen and oxygen atoms in total. The first-order valence-corrected chi connectivity index (χ1v) is 10.6. The Morgan fingerprint density at radius 3 is 2.61 bits per heavy atom. The molecular weight excluding hydrogens is 507 g/mol. The average Bonchev–Trinajstić information content (AvgIpc) is 3.21. The van der Waals surface area contributed by atoms with Crippen LogP contribution in [0.3, 0.4) is 0 Å². The first-order chi connectivity index (χ1) is 14.7. The number of guanidine groups is 1. The van der Waals surface area contributed by atoms with Crippen molar-refractivity contribution in [2.24, 2.45) is 4.99 Å². The van der Waals surface area contributed by atoms with Gasteiger partial charge in [0.2, 0.25) is 5.88 Å². The van der Waals surface area contributed by atoms with Gasteiger partial charge in [-0.2, -0.15) is 0 Å². The minimum Gasteiger partial charge on any atom is -0.490 e. The van der Waals surface area contributed by atoms with Crippen molar-refractivity contribution < 1.29 is 14.2 Å². The lowest BCUT2D eigenvalue weighted by Gasteiger charge is -2.24. The van der Waals surface area contributed by atoms with Gasteiger partial charge in [-0.15, -0.1) is 24.0 Å². The van der Waals surface area contributed by atoms with Crippen LogP contribution in [0.2, 0.25) is 0 Å². The topological polar surface area (TPSA) is 77.0 Å². The summed E-state index contributed by atoms with van der Waals surface area (Å²) in [5, 5.41) is 6.67. The Morgan fingerprint density at radius 1 is 1.13 bits per heavy atom. The zero-order chi connectivity index (χ0) is 21.1. The van der Waals surface area contributed by atoms with Crippen molar-refractivity contribution in [3.63, 3.8) is 0 Å². The van der Waals surface area contributed by atoms with E-state index >= 15 is 0 Å². The monoisotopic (exact) mass is 540 g/mol. The number of nitrogens with one attached hydrogen (secondary N) is 2. The molecule has 1 fully saturated rings. The highest BCUT2D eigenvalue weighted by atomic mass is 127. The van der Waals surface area contributed by atoms with Gasteiger partial charge in [0.15, 0.2) is 5.96 Å². The van der Waals surface area contributed by atoms with E-state index < -0.39 is 0 Å². The molecular formula is C23H33IN4O3. The van der Waals surface area contributed by atoms with Gasteiger partial charge in [-0.05, 0) is 44.4 Å². The molecule has 8 heteroatoms. The molecule has 0 radical (unpaired) electrons. The number of aromatic nitrogens is 1. The summed E-state index contributed by atoms with van der Waals surface area (Å²) in [5.41, 5.74) is 0.907. The third-order valence-corrected chi connectivity index (χ3v) is 4.84. The van der Waals surface area contributed by atoms with E-state index in [1.807, 2.05) is 42.5 Å². The minimum absolute atomic E-state index is 0. The van der Waals surface area contributed by atoms with Crippen LogP contribution in [-0.4, -0.2) is 49.5 Å². The standard InChI is InChI=1S/C23H32N4O3.HI/c1-3-24-22(27-18-23(2)12-7-13-30-23)26-17-19-10-11-21(25-16-19)29-15-14-28-20-8-5-4-6-9-20;/h4-6,8-11,16H,3,7,12-15,17-18H2,1-2H3,(H2,24,26,27);1H. The molecule has 170 valence electrons. The van der Waals surface area contributed by atoms with Crippen LogP contribution in [0.15, 0.2) is 53.7 Å². The van der Waals surface area contributed by atoms with Gasteiger partial charge in [0.25, 0.3) is 0 Å². The van der Waals surface area contributed by atoms with Gasteiger partial charge in [-0.1, -0.05) is 24.3 Å². The summed E-state index contributed by atoms with van der Waals surface area (Å²) in [6.45, 7) is 8.03. The maximum atomic E-state index is 5.83. The molecule has 0 amide bonds. The van der Waals surface area contributed by atoms with Crippen LogP contribution in [0.5, 0.6) is 11.6 Å². The van der Waals surface area contributed by atoms with Gasteiger partial charge in [0.05, 0.1) is 12.1 Å². The highest BCUT2D eigenvalue weighted by Crippen LogP contribution is 2.23. The van der Waals surface area contributed by atoms with Crippen LogP contribution in [0.4, 0.5) is 0 Å². The fourth-order valence-electron chi connectivity index (χ4n) is 3.17. The first-order valence-electron chi connectivity index (χ1n) is 10.6. The number of hydrogen-bond donors (Lipinski definition) is 2. The molecule has 2 N–H and O–H groups in total. The maximum absolute atomic E-state index is 5.83. The fraction of sp³-hybridized carbons (Fsp3) is 0.478. The number of nitrogens with zero attached hydrogens (tertiary/aromatic N) is 2. The summed E-state index contributed by atoms with van der Waals surface area (Å²) in [6, 6.07) is 13.5. The number of aliphatic imine (C=N–C) groups is 1. The average molecular weight is 540 g/mol. The smallest absolute Gasteiger partial charge is 0.213 e. The van der Waals surface area contributed by atoms with Gasteiger partial charge in [0.1, 0.15) is 19.0 Å². The third-order valence-electron chi connectivity index (χ3n) is 4.84. The second-order valence-corrected chi connectivity index (χ2v) is 7.47. The van der Waals surface area contributed by atoms with Crippen molar-refractivity contribution in [2.75, 3.05) is 32.9 Å². The van der Waals surface area contributed by atoms with Crippen LogP contribution in [0, 0.1) is 0 Å². The number of rotatable bonds is 10. The van der Waals surface area contributed by atoms with E-state index in [0.29, 0.717) is 25.6 Å². The molecule has 31 heavy (non-hydrogen) atoms. The van der Waals surface area contributed by atoms with E-state index in [-0.39, 0.29) is 29.6 Å². The molecule has 0 spiro atoms. The molecule has 2 aromatic rings. The van der Waals surface area contributed by atoms with E-state index in [2.05, 4.69) is 34.5 Å². The van der Waals surface area contributed by atoms with Crippen LogP contribution >= 0.6 is 24.0 Å². The molecule has 1 aromatic heterocycles. The van der Waals surface area contributed by atoms with E-state index in [1.165, 1.54) is 0 Å². The number of hydrogen-bond acceptors (Lipinski definition) is 5. The summed E-state index contributed by atoms with van der Waals surface area (Å²) < 4.78 is 17.1. The SMILES string of the molecule is CCNC(=NCc1ccc(OCCOc2ccccc2)nc1)NCC1(C)CCCO1.I. The minimum atomic E-state index is -0.110. The summed E-state index contributed by atoms with van der Waals surface area (Å²) >= 11 is 0. The van der Waals surface area contributed by atoms with Crippen molar-refractivity contribution >= 4 is 29.9 Å². The Balaban J connectivity index is 0.00000341. The highest BCUT2D eigenvalue weighted by molar-refractivity contribution is 14.0. The quantitative estimate of drug-likeness (QED) is 0.207. The Morgan fingerprint density at radius 2 is 1.94 bits per heavy atom. The number of halogens is 1. The molecule has 0 saturated carbocycles. The van der Waals surface area contributed by atoms with Gasteiger partial charge in [-0.3, -0.25) is 0 Å². The van der Waals surface area contributed by atoms with E-state index in [4.69, 9.17) is 14.2 Å². The lowest BCUT2D eigenvalue weighted by Crippen LogP contribution is -2.45. The van der Waals surface area contributed by atoms with E-state index in [1.54, 1.807) is 6.20 Å². The van der Waals surface area contributed by atoms with Crippen LogP contribution in [0.25, 0.3) is 0 Å². The highest BCUT2D eigenvalue weighted by Gasteiger charge is 2.29. The van der Waals surface area contributed by atoms with Crippen LogP contribution < -0.4 is 20.1 Å².